The topological polar surface area (TPSA) is 63.6 Å². The van der Waals surface area contributed by atoms with Gasteiger partial charge in [-0.05, 0) is 19.1 Å². The summed E-state index contributed by atoms with van der Waals surface area (Å²) in [6.45, 7) is 2.04. The predicted molar refractivity (Wildman–Crippen MR) is 89.2 cm³/mol. The average molecular weight is 332 g/mol. The quantitative estimate of drug-likeness (QED) is 0.772. The van der Waals surface area contributed by atoms with Gasteiger partial charge in [-0.1, -0.05) is 11.6 Å². The van der Waals surface area contributed by atoms with E-state index in [0.717, 1.165) is 16.3 Å². The van der Waals surface area contributed by atoms with Crippen molar-refractivity contribution >= 4 is 28.9 Å². The first-order chi connectivity index (χ1) is 10.7. The van der Waals surface area contributed by atoms with Crippen LogP contribution in [0, 0.1) is 0 Å². The maximum atomic E-state index is 6.12. The van der Waals surface area contributed by atoms with Gasteiger partial charge in [0.15, 0.2) is 0 Å². The molecule has 3 aromatic rings. The summed E-state index contributed by atoms with van der Waals surface area (Å²) in [5.74, 6) is 0.583. The van der Waals surface area contributed by atoms with E-state index < -0.39 is 0 Å². The lowest BCUT2D eigenvalue weighted by Crippen LogP contribution is -2.20. The molecule has 3 rings (SSSR count). The minimum absolute atomic E-state index is 0.123. The molecule has 7 heteroatoms. The summed E-state index contributed by atoms with van der Waals surface area (Å²) in [5, 5.41) is 6.78. The van der Waals surface area contributed by atoms with Crippen molar-refractivity contribution in [2.45, 2.75) is 19.4 Å². The fourth-order valence-electron chi connectivity index (χ4n) is 2.01. The number of halogens is 1. The van der Waals surface area contributed by atoms with Gasteiger partial charge < -0.3 is 5.32 Å². The third-order valence-electron chi connectivity index (χ3n) is 3.04. The van der Waals surface area contributed by atoms with Gasteiger partial charge in [-0.25, -0.2) is 15.0 Å². The highest BCUT2D eigenvalue weighted by Crippen LogP contribution is 2.20. The minimum Gasteiger partial charge on any atom is -0.351 e. The first-order valence-electron chi connectivity index (χ1n) is 6.80. The maximum absolute atomic E-state index is 6.12. The number of pyridine rings is 1. The molecule has 5 nitrogen and oxygen atoms in total. The predicted octanol–water partition coefficient (Wildman–Crippen LogP) is 3.69. The van der Waals surface area contributed by atoms with E-state index in [-0.39, 0.29) is 6.04 Å². The minimum atomic E-state index is 0.123. The summed E-state index contributed by atoms with van der Waals surface area (Å²) in [6.07, 6.45) is 7.76. The molecule has 0 aliphatic rings. The van der Waals surface area contributed by atoms with Crippen molar-refractivity contribution in [1.82, 2.24) is 19.9 Å². The summed E-state index contributed by atoms with van der Waals surface area (Å²) in [5.41, 5.74) is 1.78. The molecular weight excluding hydrogens is 318 g/mol. The van der Waals surface area contributed by atoms with Crippen LogP contribution in [0.15, 0.2) is 42.3 Å². The zero-order valence-corrected chi connectivity index (χ0v) is 13.5. The molecule has 22 heavy (non-hydrogen) atoms. The van der Waals surface area contributed by atoms with Crippen LogP contribution in [0.25, 0.3) is 10.6 Å². The lowest BCUT2D eigenvalue weighted by Gasteiger charge is -2.14. The van der Waals surface area contributed by atoms with Crippen LogP contribution in [0.1, 0.15) is 12.6 Å². The van der Waals surface area contributed by atoms with Crippen molar-refractivity contribution in [2.75, 3.05) is 5.32 Å². The summed E-state index contributed by atoms with van der Waals surface area (Å²) in [7, 11) is 0. The van der Waals surface area contributed by atoms with Crippen LogP contribution >= 0.6 is 22.9 Å². The SMILES string of the molecule is CC(Cc1ncccc1Cl)Nc1ncc(-c2nccs2)cn1. The molecule has 0 bridgehead atoms. The Bertz CT molecular complexity index is 730. The van der Waals surface area contributed by atoms with Crippen LogP contribution in [-0.4, -0.2) is 26.0 Å². The smallest absolute Gasteiger partial charge is 0.222 e. The third-order valence-corrected chi connectivity index (χ3v) is 4.21. The lowest BCUT2D eigenvalue weighted by molar-refractivity contribution is 0.759. The van der Waals surface area contributed by atoms with Gasteiger partial charge >= 0.3 is 0 Å². The summed E-state index contributed by atoms with van der Waals surface area (Å²) < 4.78 is 0. The first kappa shape index (κ1) is 14.9. The Labute approximate surface area is 137 Å². The van der Waals surface area contributed by atoms with Gasteiger partial charge in [-0.15, -0.1) is 11.3 Å². The van der Waals surface area contributed by atoms with Crippen LogP contribution in [0.2, 0.25) is 5.02 Å². The van der Waals surface area contributed by atoms with Crippen molar-refractivity contribution in [2.24, 2.45) is 0 Å². The van der Waals surface area contributed by atoms with Gasteiger partial charge in [-0.3, -0.25) is 4.98 Å². The van der Waals surface area contributed by atoms with E-state index in [1.54, 1.807) is 36.1 Å². The summed E-state index contributed by atoms with van der Waals surface area (Å²) in [6, 6.07) is 3.79. The molecule has 0 amide bonds. The molecular formula is C15H14ClN5S. The molecule has 0 saturated heterocycles. The average Bonchev–Trinajstić information content (AvgIpc) is 3.05. The summed E-state index contributed by atoms with van der Waals surface area (Å²) in [4.78, 5) is 17.2. The highest BCUT2D eigenvalue weighted by atomic mass is 35.5. The van der Waals surface area contributed by atoms with Crippen LogP contribution in [0.5, 0.6) is 0 Å². The molecule has 3 aromatic heterocycles. The first-order valence-corrected chi connectivity index (χ1v) is 8.06. The normalized spacial score (nSPS) is 12.1. The largest absolute Gasteiger partial charge is 0.351 e. The van der Waals surface area contributed by atoms with Crippen LogP contribution in [-0.2, 0) is 6.42 Å². The van der Waals surface area contributed by atoms with Gasteiger partial charge in [-0.2, -0.15) is 0 Å². The van der Waals surface area contributed by atoms with Crippen molar-refractivity contribution in [3.05, 3.63) is 53.0 Å². The number of rotatable bonds is 5. The number of aromatic nitrogens is 4. The van der Waals surface area contributed by atoms with E-state index >= 15 is 0 Å². The Morgan fingerprint density at radius 1 is 1.18 bits per heavy atom. The number of nitrogens with zero attached hydrogens (tertiary/aromatic N) is 4. The fraction of sp³-hybridized carbons (Fsp3) is 0.200. The standard InChI is InChI=1S/C15H14ClN5S/c1-10(7-13-12(16)3-2-4-17-13)21-15-19-8-11(9-20-15)14-18-5-6-22-14/h2-6,8-10H,7H2,1H3,(H,19,20,21). The molecule has 0 spiro atoms. The molecule has 0 aliphatic carbocycles. The van der Waals surface area contributed by atoms with Crippen LogP contribution in [0.4, 0.5) is 5.95 Å². The highest BCUT2D eigenvalue weighted by Gasteiger charge is 2.09. The Hall–Kier alpha value is -2.05. The molecule has 0 aliphatic heterocycles. The number of thiazole rings is 1. The summed E-state index contributed by atoms with van der Waals surface area (Å²) >= 11 is 7.69. The molecule has 3 heterocycles. The second-order valence-corrected chi connectivity index (χ2v) is 6.12. The van der Waals surface area contributed by atoms with Crippen molar-refractivity contribution in [1.29, 1.82) is 0 Å². The monoisotopic (exact) mass is 331 g/mol. The molecule has 0 saturated carbocycles. The van der Waals surface area contributed by atoms with E-state index in [0.29, 0.717) is 17.4 Å². The number of hydrogen-bond donors (Lipinski definition) is 1. The van der Waals surface area contributed by atoms with Crippen molar-refractivity contribution in [3.63, 3.8) is 0 Å². The van der Waals surface area contributed by atoms with E-state index in [2.05, 4.69) is 25.3 Å². The zero-order chi connectivity index (χ0) is 15.4. The van der Waals surface area contributed by atoms with Crippen molar-refractivity contribution in [3.8, 4) is 10.6 Å². The van der Waals surface area contributed by atoms with Crippen LogP contribution in [0.3, 0.4) is 0 Å². The Morgan fingerprint density at radius 3 is 2.68 bits per heavy atom. The molecule has 1 unspecified atom stereocenters. The van der Waals surface area contributed by atoms with Gasteiger partial charge in [0.25, 0.3) is 0 Å². The molecule has 112 valence electrons. The van der Waals surface area contributed by atoms with Crippen molar-refractivity contribution < 1.29 is 0 Å². The Morgan fingerprint density at radius 2 is 2.00 bits per heavy atom. The van der Waals surface area contributed by atoms with Crippen LogP contribution < -0.4 is 5.32 Å². The molecule has 0 aromatic carbocycles. The molecule has 0 radical (unpaired) electrons. The van der Waals surface area contributed by atoms with Gasteiger partial charge in [0.05, 0.1) is 10.7 Å². The molecule has 1 N–H and O–H groups in total. The Kier molecular flexibility index (Phi) is 4.60. The van der Waals surface area contributed by atoms with E-state index in [1.165, 1.54) is 0 Å². The van der Waals surface area contributed by atoms with Gasteiger partial charge in [0.2, 0.25) is 5.95 Å². The van der Waals surface area contributed by atoms with E-state index in [4.69, 9.17) is 11.6 Å². The third kappa shape index (κ3) is 3.58. The number of nitrogens with one attached hydrogen (secondary N) is 1. The van der Waals surface area contributed by atoms with E-state index in [1.807, 2.05) is 24.4 Å². The van der Waals surface area contributed by atoms with Gasteiger partial charge in [0.1, 0.15) is 5.01 Å². The maximum Gasteiger partial charge on any atom is 0.222 e. The fourth-order valence-corrected chi connectivity index (χ4v) is 2.82. The second-order valence-electron chi connectivity index (χ2n) is 4.81. The number of hydrogen-bond acceptors (Lipinski definition) is 6. The highest BCUT2D eigenvalue weighted by molar-refractivity contribution is 7.13. The Balaban J connectivity index is 1.64. The molecule has 0 fully saturated rings. The zero-order valence-electron chi connectivity index (χ0n) is 11.9. The lowest BCUT2D eigenvalue weighted by atomic mass is 10.1. The van der Waals surface area contributed by atoms with E-state index in [9.17, 15) is 0 Å². The molecule has 1 atom stereocenters. The van der Waals surface area contributed by atoms with Gasteiger partial charge in [0, 0.05) is 48.2 Å². The number of anilines is 1. The second kappa shape index (κ2) is 6.81.